The Bertz CT molecular complexity index is 721. The van der Waals surface area contributed by atoms with Crippen molar-refractivity contribution in [3.8, 4) is 10.8 Å². The first-order valence-corrected chi connectivity index (χ1v) is 7.22. The molecule has 0 spiro atoms. The van der Waals surface area contributed by atoms with E-state index in [0.717, 1.165) is 26.5 Å². The van der Waals surface area contributed by atoms with Crippen molar-refractivity contribution in [2.24, 2.45) is 7.05 Å². The van der Waals surface area contributed by atoms with Gasteiger partial charge in [0.25, 0.3) is 0 Å². The van der Waals surface area contributed by atoms with Crippen molar-refractivity contribution in [3.63, 3.8) is 0 Å². The zero-order valence-corrected chi connectivity index (χ0v) is 12.3. The molecule has 0 bridgehead atoms. The van der Waals surface area contributed by atoms with Crippen LogP contribution in [0.4, 0.5) is 5.13 Å². The largest absolute Gasteiger partial charge is 0.356 e. The van der Waals surface area contributed by atoms with E-state index < -0.39 is 0 Å². The Hall–Kier alpha value is -1.92. The number of aryl methyl sites for hydroxylation is 1. The molecule has 0 radical (unpaired) electrons. The molecule has 5 nitrogen and oxygen atoms in total. The normalized spacial score (nSPS) is 10.7. The van der Waals surface area contributed by atoms with Crippen molar-refractivity contribution in [2.45, 2.75) is 6.54 Å². The molecule has 0 saturated heterocycles. The van der Waals surface area contributed by atoms with E-state index in [9.17, 15) is 0 Å². The van der Waals surface area contributed by atoms with Crippen LogP contribution in [0.5, 0.6) is 0 Å². The van der Waals surface area contributed by atoms with Crippen LogP contribution in [0.2, 0.25) is 5.02 Å². The molecule has 102 valence electrons. The third-order valence-electron chi connectivity index (χ3n) is 2.83. The van der Waals surface area contributed by atoms with Gasteiger partial charge in [0.15, 0.2) is 10.8 Å². The molecule has 1 N–H and O–H groups in total. The first-order valence-electron chi connectivity index (χ1n) is 6.02. The Balaban J connectivity index is 1.72. The topological polar surface area (TPSA) is 55.6 Å². The number of nitrogens with one attached hydrogen (secondary N) is 1. The Morgan fingerprint density at radius 2 is 2.15 bits per heavy atom. The summed E-state index contributed by atoms with van der Waals surface area (Å²) < 4.78 is 1.92. The third-order valence-corrected chi connectivity index (χ3v) is 4.07. The van der Waals surface area contributed by atoms with Crippen LogP contribution in [0.25, 0.3) is 10.8 Å². The second-order valence-corrected chi connectivity index (χ2v) is 5.60. The minimum atomic E-state index is 0.620. The standard InChI is InChI=1S/C13H12ClN5S/c1-19-7-6-15-11(19)12-17-18-13(20-12)16-8-9-4-2-3-5-10(9)14/h2-7H,8H2,1H3,(H,16,18). The van der Waals surface area contributed by atoms with Gasteiger partial charge in [-0.05, 0) is 11.6 Å². The van der Waals surface area contributed by atoms with Gasteiger partial charge >= 0.3 is 0 Å². The number of aromatic nitrogens is 4. The lowest BCUT2D eigenvalue weighted by Crippen LogP contribution is -1.99. The highest BCUT2D eigenvalue weighted by molar-refractivity contribution is 7.18. The van der Waals surface area contributed by atoms with E-state index >= 15 is 0 Å². The summed E-state index contributed by atoms with van der Waals surface area (Å²) in [5.74, 6) is 0.813. The summed E-state index contributed by atoms with van der Waals surface area (Å²) in [7, 11) is 1.93. The number of hydrogen-bond acceptors (Lipinski definition) is 5. The first kappa shape index (κ1) is 13.1. The van der Waals surface area contributed by atoms with Gasteiger partial charge in [-0.15, -0.1) is 10.2 Å². The summed E-state index contributed by atoms with van der Waals surface area (Å²) in [6, 6.07) is 7.73. The smallest absolute Gasteiger partial charge is 0.206 e. The van der Waals surface area contributed by atoms with Gasteiger partial charge in [0.2, 0.25) is 5.13 Å². The van der Waals surface area contributed by atoms with E-state index in [0.29, 0.717) is 6.54 Å². The van der Waals surface area contributed by atoms with Crippen molar-refractivity contribution in [1.29, 1.82) is 0 Å². The molecular weight excluding hydrogens is 294 g/mol. The molecule has 0 aliphatic carbocycles. The van der Waals surface area contributed by atoms with Crippen LogP contribution >= 0.6 is 22.9 Å². The number of rotatable bonds is 4. The van der Waals surface area contributed by atoms with Crippen LogP contribution in [-0.2, 0) is 13.6 Å². The summed E-state index contributed by atoms with van der Waals surface area (Å²) in [6.45, 7) is 0.620. The van der Waals surface area contributed by atoms with E-state index in [1.54, 1.807) is 6.20 Å². The molecule has 2 aromatic heterocycles. The predicted octanol–water partition coefficient (Wildman–Crippen LogP) is 3.20. The molecule has 2 heterocycles. The molecule has 0 aliphatic rings. The zero-order chi connectivity index (χ0) is 13.9. The van der Waals surface area contributed by atoms with Crippen LogP contribution in [0.1, 0.15) is 5.56 Å². The van der Waals surface area contributed by atoms with Crippen molar-refractivity contribution in [1.82, 2.24) is 19.7 Å². The number of benzene rings is 1. The Morgan fingerprint density at radius 3 is 2.90 bits per heavy atom. The van der Waals surface area contributed by atoms with Crippen molar-refractivity contribution >= 4 is 28.1 Å². The third kappa shape index (κ3) is 2.66. The molecule has 0 atom stereocenters. The molecule has 20 heavy (non-hydrogen) atoms. The van der Waals surface area contributed by atoms with Crippen LogP contribution in [0, 0.1) is 0 Å². The van der Waals surface area contributed by atoms with E-state index in [1.165, 1.54) is 11.3 Å². The highest BCUT2D eigenvalue weighted by Gasteiger charge is 2.10. The molecule has 3 aromatic rings. The van der Waals surface area contributed by atoms with Crippen molar-refractivity contribution in [2.75, 3.05) is 5.32 Å². The Kier molecular flexibility index (Phi) is 3.66. The number of hydrogen-bond donors (Lipinski definition) is 1. The second-order valence-electron chi connectivity index (χ2n) is 4.22. The van der Waals surface area contributed by atoms with Gasteiger partial charge in [0.1, 0.15) is 0 Å². The van der Waals surface area contributed by atoms with Crippen LogP contribution < -0.4 is 5.32 Å². The van der Waals surface area contributed by atoms with Gasteiger partial charge in [-0.2, -0.15) is 0 Å². The van der Waals surface area contributed by atoms with Gasteiger partial charge in [-0.1, -0.05) is 41.1 Å². The Morgan fingerprint density at radius 1 is 1.30 bits per heavy atom. The summed E-state index contributed by atoms with van der Waals surface area (Å²) in [4.78, 5) is 4.25. The molecular formula is C13H12ClN5S. The van der Waals surface area contributed by atoms with Gasteiger partial charge in [0.05, 0.1) is 0 Å². The maximum Gasteiger partial charge on any atom is 0.206 e. The second kappa shape index (κ2) is 5.60. The van der Waals surface area contributed by atoms with E-state index in [4.69, 9.17) is 11.6 Å². The van der Waals surface area contributed by atoms with Gasteiger partial charge in [-0.3, -0.25) is 0 Å². The van der Waals surface area contributed by atoms with Crippen LogP contribution in [0.3, 0.4) is 0 Å². The minimum absolute atomic E-state index is 0.620. The lowest BCUT2D eigenvalue weighted by Gasteiger charge is -2.03. The fraction of sp³-hybridized carbons (Fsp3) is 0.154. The quantitative estimate of drug-likeness (QED) is 0.804. The maximum atomic E-state index is 6.11. The fourth-order valence-corrected chi connectivity index (χ4v) is 2.75. The molecule has 1 aromatic carbocycles. The monoisotopic (exact) mass is 305 g/mol. The average Bonchev–Trinajstić information content (AvgIpc) is 3.06. The Labute approximate surface area is 125 Å². The molecule has 0 fully saturated rings. The number of halogens is 1. The molecule has 0 amide bonds. The van der Waals surface area contributed by atoms with Gasteiger partial charge in [-0.25, -0.2) is 4.98 Å². The maximum absolute atomic E-state index is 6.11. The number of nitrogens with zero attached hydrogens (tertiary/aromatic N) is 4. The molecule has 7 heteroatoms. The lowest BCUT2D eigenvalue weighted by molar-refractivity contribution is 0.915. The number of imidazole rings is 1. The lowest BCUT2D eigenvalue weighted by atomic mass is 10.2. The number of anilines is 1. The van der Waals surface area contributed by atoms with Crippen molar-refractivity contribution in [3.05, 3.63) is 47.2 Å². The summed E-state index contributed by atoms with van der Waals surface area (Å²) in [5, 5.41) is 13.8. The molecule has 0 aliphatic heterocycles. The van der Waals surface area contributed by atoms with Gasteiger partial charge < -0.3 is 9.88 Å². The van der Waals surface area contributed by atoms with Crippen LogP contribution in [-0.4, -0.2) is 19.7 Å². The molecule has 0 unspecified atom stereocenters. The van der Waals surface area contributed by atoms with Gasteiger partial charge in [0, 0.05) is 31.0 Å². The van der Waals surface area contributed by atoms with E-state index in [2.05, 4.69) is 20.5 Å². The highest BCUT2D eigenvalue weighted by atomic mass is 35.5. The van der Waals surface area contributed by atoms with Crippen LogP contribution in [0.15, 0.2) is 36.7 Å². The summed E-state index contributed by atoms with van der Waals surface area (Å²) >= 11 is 7.58. The molecule has 3 rings (SSSR count). The molecule has 0 saturated carbocycles. The average molecular weight is 306 g/mol. The first-order chi connectivity index (χ1) is 9.74. The minimum Gasteiger partial charge on any atom is -0.356 e. The van der Waals surface area contributed by atoms with E-state index in [-0.39, 0.29) is 0 Å². The predicted molar refractivity (Wildman–Crippen MR) is 80.9 cm³/mol. The van der Waals surface area contributed by atoms with Crippen molar-refractivity contribution < 1.29 is 0 Å². The SMILES string of the molecule is Cn1ccnc1-c1nnc(NCc2ccccc2Cl)s1. The summed E-state index contributed by atoms with van der Waals surface area (Å²) in [5.41, 5.74) is 1.03. The fourth-order valence-electron chi connectivity index (χ4n) is 1.77. The zero-order valence-electron chi connectivity index (χ0n) is 10.7. The highest BCUT2D eigenvalue weighted by Crippen LogP contribution is 2.25. The van der Waals surface area contributed by atoms with E-state index in [1.807, 2.05) is 42.1 Å². The summed E-state index contributed by atoms with van der Waals surface area (Å²) in [6.07, 6.45) is 3.63.